The summed E-state index contributed by atoms with van der Waals surface area (Å²) in [6.45, 7) is 2.56. The molecule has 1 aromatic heterocycles. The van der Waals surface area contributed by atoms with Gasteiger partial charge in [-0.15, -0.1) is 0 Å². The van der Waals surface area contributed by atoms with Crippen LogP contribution in [0, 0.1) is 0 Å². The Morgan fingerprint density at radius 1 is 1.21 bits per heavy atom. The molecular weight excluding hydrogens is 390 g/mol. The number of ether oxygens (including phenoxy) is 1. The quantitative estimate of drug-likeness (QED) is 0.781. The van der Waals surface area contributed by atoms with Gasteiger partial charge in [0, 0.05) is 30.3 Å². The Hall–Kier alpha value is -2.45. The largest absolute Gasteiger partial charge is 0.450 e. The third-order valence-corrected chi connectivity index (χ3v) is 5.67. The van der Waals surface area contributed by atoms with E-state index in [2.05, 4.69) is 4.72 Å². The number of nitrogens with one attached hydrogen (secondary N) is 1. The number of sulfonamides is 1. The summed E-state index contributed by atoms with van der Waals surface area (Å²) < 4.78 is 31.7. The van der Waals surface area contributed by atoms with Gasteiger partial charge in [0.15, 0.2) is 0 Å². The molecule has 0 aliphatic carbocycles. The van der Waals surface area contributed by atoms with Gasteiger partial charge in [0.25, 0.3) is 0 Å². The minimum Gasteiger partial charge on any atom is -0.450 e. The van der Waals surface area contributed by atoms with E-state index < -0.39 is 16.1 Å². The molecule has 0 saturated carbocycles. The first-order valence-corrected chi connectivity index (χ1v) is 11.7. The molecule has 0 bridgehead atoms. The fourth-order valence-electron chi connectivity index (χ4n) is 3.73. The number of aromatic nitrogens is 1. The van der Waals surface area contributed by atoms with Crippen LogP contribution in [0.15, 0.2) is 48.5 Å². The number of likely N-dealkylation sites (tertiary alicyclic amines) is 1. The zero-order valence-electron chi connectivity index (χ0n) is 16.7. The number of nitrogens with zero attached hydrogens (tertiary/aromatic N) is 2. The van der Waals surface area contributed by atoms with Gasteiger partial charge in [0.05, 0.1) is 24.6 Å². The minimum absolute atomic E-state index is 0.272. The molecule has 1 aromatic carbocycles. The van der Waals surface area contributed by atoms with Crippen LogP contribution in [0.1, 0.15) is 25.5 Å². The number of amides is 1. The number of hydrogen-bond donors (Lipinski definition) is 1. The van der Waals surface area contributed by atoms with Crippen LogP contribution in [0.2, 0.25) is 0 Å². The number of benzene rings is 1. The molecule has 1 saturated heterocycles. The molecule has 29 heavy (non-hydrogen) atoms. The second kappa shape index (κ2) is 9.37. The SMILES string of the molecule is CCOC(=O)N1CCC[C@@H](NS(C)(=O)=O)[C@H]1Cc1cccc(-c2ccccc2)n1. The van der Waals surface area contributed by atoms with E-state index in [0.717, 1.165) is 23.2 Å². The Labute approximate surface area is 172 Å². The molecule has 1 N–H and O–H groups in total. The van der Waals surface area contributed by atoms with Crippen molar-refractivity contribution in [2.75, 3.05) is 19.4 Å². The van der Waals surface area contributed by atoms with E-state index in [9.17, 15) is 13.2 Å². The molecule has 7 nitrogen and oxygen atoms in total. The van der Waals surface area contributed by atoms with Crippen molar-refractivity contribution in [1.82, 2.24) is 14.6 Å². The first kappa shape index (κ1) is 21.3. The maximum atomic E-state index is 12.5. The monoisotopic (exact) mass is 417 g/mol. The molecule has 1 fully saturated rings. The lowest BCUT2D eigenvalue weighted by atomic mass is 9.93. The van der Waals surface area contributed by atoms with Crippen molar-refractivity contribution >= 4 is 16.1 Å². The van der Waals surface area contributed by atoms with Crippen LogP contribution in [0.5, 0.6) is 0 Å². The van der Waals surface area contributed by atoms with E-state index in [1.54, 1.807) is 11.8 Å². The highest BCUT2D eigenvalue weighted by Gasteiger charge is 2.36. The smallest absolute Gasteiger partial charge is 0.410 e. The third kappa shape index (κ3) is 5.77. The summed E-state index contributed by atoms with van der Waals surface area (Å²) in [4.78, 5) is 18.9. The first-order chi connectivity index (χ1) is 13.9. The lowest BCUT2D eigenvalue weighted by molar-refractivity contribution is 0.0676. The van der Waals surface area contributed by atoms with Gasteiger partial charge in [-0.1, -0.05) is 36.4 Å². The van der Waals surface area contributed by atoms with Crippen molar-refractivity contribution in [3.63, 3.8) is 0 Å². The molecule has 1 amide bonds. The Balaban J connectivity index is 1.89. The van der Waals surface area contributed by atoms with E-state index in [1.807, 2.05) is 48.5 Å². The van der Waals surface area contributed by atoms with Gasteiger partial charge < -0.3 is 9.64 Å². The summed E-state index contributed by atoms with van der Waals surface area (Å²) in [7, 11) is -3.41. The summed E-state index contributed by atoms with van der Waals surface area (Å²) in [5, 5.41) is 0. The van der Waals surface area contributed by atoms with E-state index in [4.69, 9.17) is 9.72 Å². The topological polar surface area (TPSA) is 88.6 Å². The summed E-state index contributed by atoms with van der Waals surface area (Å²) in [6, 6.07) is 14.9. The number of carbonyl (C=O) groups is 1. The number of rotatable bonds is 6. The van der Waals surface area contributed by atoms with Gasteiger partial charge in [-0.2, -0.15) is 0 Å². The fourth-order valence-corrected chi connectivity index (χ4v) is 4.56. The Bertz CT molecular complexity index is 934. The maximum absolute atomic E-state index is 12.5. The van der Waals surface area contributed by atoms with Crippen LogP contribution in [-0.2, 0) is 21.2 Å². The molecule has 1 aliphatic heterocycles. The van der Waals surface area contributed by atoms with Crippen LogP contribution in [0.3, 0.4) is 0 Å². The zero-order chi connectivity index (χ0) is 20.9. The van der Waals surface area contributed by atoms with Crippen LogP contribution >= 0.6 is 0 Å². The predicted octanol–water partition coefficient (Wildman–Crippen LogP) is 2.83. The van der Waals surface area contributed by atoms with Crippen LogP contribution < -0.4 is 4.72 Å². The Morgan fingerprint density at radius 2 is 1.97 bits per heavy atom. The summed E-state index contributed by atoms with van der Waals surface area (Å²) in [5.74, 6) is 0. The average molecular weight is 418 g/mol. The van der Waals surface area contributed by atoms with E-state index in [0.29, 0.717) is 25.8 Å². The third-order valence-electron chi connectivity index (χ3n) is 4.94. The molecule has 0 spiro atoms. The van der Waals surface area contributed by atoms with E-state index >= 15 is 0 Å². The second-order valence-corrected chi connectivity index (χ2v) is 8.96. The molecular formula is C21H27N3O4S. The second-order valence-electron chi connectivity index (χ2n) is 7.18. The van der Waals surface area contributed by atoms with Gasteiger partial charge in [-0.05, 0) is 31.9 Å². The number of piperidine rings is 1. The van der Waals surface area contributed by atoms with Crippen molar-refractivity contribution in [1.29, 1.82) is 0 Å². The van der Waals surface area contributed by atoms with Gasteiger partial charge in [0.2, 0.25) is 10.0 Å². The molecule has 0 radical (unpaired) electrons. The van der Waals surface area contributed by atoms with Crippen molar-refractivity contribution in [3.05, 3.63) is 54.2 Å². The van der Waals surface area contributed by atoms with Gasteiger partial charge >= 0.3 is 6.09 Å². The molecule has 2 heterocycles. The highest BCUT2D eigenvalue weighted by Crippen LogP contribution is 2.24. The van der Waals surface area contributed by atoms with Crippen LogP contribution in [0.25, 0.3) is 11.3 Å². The molecule has 2 aromatic rings. The average Bonchev–Trinajstić information content (AvgIpc) is 2.69. The molecule has 156 valence electrons. The predicted molar refractivity (Wildman–Crippen MR) is 112 cm³/mol. The van der Waals surface area contributed by atoms with Crippen LogP contribution in [-0.4, -0.2) is 55.9 Å². The van der Waals surface area contributed by atoms with Gasteiger partial charge in [-0.3, -0.25) is 4.98 Å². The van der Waals surface area contributed by atoms with Gasteiger partial charge in [0.1, 0.15) is 0 Å². The summed E-state index contributed by atoms with van der Waals surface area (Å²) in [5.41, 5.74) is 2.65. The van der Waals surface area contributed by atoms with E-state index in [-0.39, 0.29) is 18.7 Å². The van der Waals surface area contributed by atoms with Crippen molar-refractivity contribution < 1.29 is 17.9 Å². The number of pyridine rings is 1. The lowest BCUT2D eigenvalue weighted by Gasteiger charge is -2.40. The minimum atomic E-state index is -3.41. The van der Waals surface area contributed by atoms with E-state index in [1.165, 1.54) is 0 Å². The first-order valence-electron chi connectivity index (χ1n) is 9.79. The molecule has 0 unspecified atom stereocenters. The highest BCUT2D eigenvalue weighted by molar-refractivity contribution is 7.88. The Morgan fingerprint density at radius 3 is 2.66 bits per heavy atom. The van der Waals surface area contributed by atoms with Gasteiger partial charge in [-0.25, -0.2) is 17.9 Å². The fraction of sp³-hybridized carbons (Fsp3) is 0.429. The summed E-state index contributed by atoms with van der Waals surface area (Å²) in [6.07, 6.45) is 2.53. The Kier molecular flexibility index (Phi) is 6.87. The van der Waals surface area contributed by atoms with Crippen molar-refractivity contribution in [3.8, 4) is 11.3 Å². The van der Waals surface area contributed by atoms with Crippen molar-refractivity contribution in [2.24, 2.45) is 0 Å². The number of hydrogen-bond acceptors (Lipinski definition) is 5. The molecule has 3 rings (SSSR count). The number of carbonyl (C=O) groups excluding carboxylic acids is 1. The maximum Gasteiger partial charge on any atom is 0.410 e. The lowest BCUT2D eigenvalue weighted by Crippen LogP contribution is -2.57. The standard InChI is InChI=1S/C21H27N3O4S/c1-3-28-21(25)24-14-8-13-19(23-29(2,26)27)20(24)15-17-11-7-12-18(22-17)16-9-5-4-6-10-16/h4-7,9-12,19-20,23H,3,8,13-15H2,1-2H3/t19-,20-/m1/s1. The molecule has 2 atom stereocenters. The van der Waals surface area contributed by atoms with Crippen molar-refractivity contribution in [2.45, 2.75) is 38.3 Å². The zero-order valence-corrected chi connectivity index (χ0v) is 17.6. The molecule has 8 heteroatoms. The molecule has 1 aliphatic rings. The normalized spacial score (nSPS) is 19.7. The van der Waals surface area contributed by atoms with Crippen LogP contribution in [0.4, 0.5) is 4.79 Å². The summed E-state index contributed by atoms with van der Waals surface area (Å²) >= 11 is 0. The highest BCUT2D eigenvalue weighted by atomic mass is 32.2.